The summed E-state index contributed by atoms with van der Waals surface area (Å²) in [5.41, 5.74) is 0.993. The van der Waals surface area contributed by atoms with Crippen molar-refractivity contribution >= 4 is 35.9 Å². The number of esters is 1. The molecule has 0 unspecified atom stereocenters. The Balaban J connectivity index is 0.00000576. The summed E-state index contributed by atoms with van der Waals surface area (Å²) < 4.78 is 15.4. The fourth-order valence-corrected chi connectivity index (χ4v) is 2.07. The molecule has 0 aliphatic heterocycles. The van der Waals surface area contributed by atoms with Crippen LogP contribution in [0.25, 0.3) is 0 Å². The summed E-state index contributed by atoms with van der Waals surface area (Å²) in [6, 6.07) is 5.67. The fourth-order valence-electron chi connectivity index (χ4n) is 2.07. The van der Waals surface area contributed by atoms with Gasteiger partial charge in [-0.05, 0) is 25.5 Å². The zero-order valence-corrected chi connectivity index (χ0v) is 17.6. The van der Waals surface area contributed by atoms with Gasteiger partial charge in [0.15, 0.2) is 5.96 Å². The number of halogens is 1. The zero-order valence-electron chi connectivity index (χ0n) is 15.3. The first kappa shape index (κ1) is 23.3. The predicted octanol–water partition coefficient (Wildman–Crippen LogP) is 2.33. The molecule has 0 bridgehead atoms. The van der Waals surface area contributed by atoms with Gasteiger partial charge in [-0.1, -0.05) is 0 Å². The first-order valence-electron chi connectivity index (χ1n) is 7.95. The summed E-state index contributed by atoms with van der Waals surface area (Å²) in [7, 11) is 4.95. The molecule has 0 aliphatic rings. The molecule has 0 aromatic heterocycles. The normalized spacial score (nSPS) is 10.5. The monoisotopic (exact) mass is 465 g/mol. The Morgan fingerprint density at radius 2 is 1.96 bits per heavy atom. The van der Waals surface area contributed by atoms with Crippen LogP contribution in [0.5, 0.6) is 11.5 Å². The van der Waals surface area contributed by atoms with E-state index in [0.29, 0.717) is 38.5 Å². The number of rotatable bonds is 9. The highest BCUT2D eigenvalue weighted by Crippen LogP contribution is 2.24. The average Bonchev–Trinajstić information content (AvgIpc) is 2.61. The molecule has 0 aliphatic carbocycles. The van der Waals surface area contributed by atoms with Crippen LogP contribution in [0.3, 0.4) is 0 Å². The summed E-state index contributed by atoms with van der Waals surface area (Å²) >= 11 is 0. The Kier molecular flexibility index (Phi) is 12.6. The first-order chi connectivity index (χ1) is 11.6. The lowest BCUT2D eigenvalue weighted by atomic mass is 10.2. The highest BCUT2D eigenvalue weighted by Gasteiger charge is 2.06. The van der Waals surface area contributed by atoms with Crippen molar-refractivity contribution in [1.82, 2.24) is 10.6 Å². The van der Waals surface area contributed by atoms with E-state index in [1.807, 2.05) is 18.2 Å². The van der Waals surface area contributed by atoms with Gasteiger partial charge >= 0.3 is 5.97 Å². The van der Waals surface area contributed by atoms with Crippen molar-refractivity contribution < 1.29 is 19.0 Å². The molecule has 0 spiro atoms. The van der Waals surface area contributed by atoms with Crippen LogP contribution in [-0.2, 0) is 16.1 Å². The minimum atomic E-state index is -0.176. The second kappa shape index (κ2) is 13.6. The summed E-state index contributed by atoms with van der Waals surface area (Å²) in [6.45, 7) is 3.41. The summed E-state index contributed by atoms with van der Waals surface area (Å²) in [5.74, 6) is 1.98. The average molecular weight is 465 g/mol. The van der Waals surface area contributed by atoms with Gasteiger partial charge in [0.25, 0.3) is 0 Å². The Hall–Kier alpha value is -1.71. The second-order valence-electron chi connectivity index (χ2n) is 4.94. The van der Waals surface area contributed by atoms with Crippen molar-refractivity contribution in [3.05, 3.63) is 23.8 Å². The van der Waals surface area contributed by atoms with Gasteiger partial charge in [-0.15, -0.1) is 24.0 Å². The number of carbonyl (C=O) groups excluding carboxylic acids is 1. The van der Waals surface area contributed by atoms with Gasteiger partial charge in [-0.3, -0.25) is 9.79 Å². The van der Waals surface area contributed by atoms with Crippen molar-refractivity contribution in [2.45, 2.75) is 26.3 Å². The van der Waals surface area contributed by atoms with Crippen molar-refractivity contribution in [3.8, 4) is 11.5 Å². The highest BCUT2D eigenvalue weighted by atomic mass is 127. The van der Waals surface area contributed by atoms with E-state index in [9.17, 15) is 4.79 Å². The fraction of sp³-hybridized carbons (Fsp3) is 0.529. The van der Waals surface area contributed by atoms with Crippen LogP contribution < -0.4 is 20.1 Å². The van der Waals surface area contributed by atoms with Crippen LogP contribution in [0.4, 0.5) is 0 Å². The van der Waals surface area contributed by atoms with E-state index < -0.39 is 0 Å². The summed E-state index contributed by atoms with van der Waals surface area (Å²) in [5, 5.41) is 6.38. The van der Waals surface area contributed by atoms with Crippen molar-refractivity contribution in [1.29, 1.82) is 0 Å². The maximum absolute atomic E-state index is 11.3. The smallest absolute Gasteiger partial charge is 0.305 e. The van der Waals surface area contributed by atoms with E-state index in [4.69, 9.17) is 14.2 Å². The number of carbonyl (C=O) groups is 1. The van der Waals surface area contributed by atoms with E-state index in [1.54, 1.807) is 28.2 Å². The Labute approximate surface area is 166 Å². The third-order valence-electron chi connectivity index (χ3n) is 3.32. The molecule has 8 heteroatoms. The summed E-state index contributed by atoms with van der Waals surface area (Å²) in [4.78, 5) is 15.4. The molecule has 2 N–H and O–H groups in total. The molecule has 0 amide bonds. The number of guanidine groups is 1. The van der Waals surface area contributed by atoms with Crippen LogP contribution in [0, 0.1) is 0 Å². The number of benzene rings is 1. The third-order valence-corrected chi connectivity index (χ3v) is 3.32. The first-order valence-corrected chi connectivity index (χ1v) is 7.95. The molecule has 1 aromatic rings. The van der Waals surface area contributed by atoms with Gasteiger partial charge < -0.3 is 24.8 Å². The third kappa shape index (κ3) is 8.80. The van der Waals surface area contributed by atoms with Gasteiger partial charge in [0.05, 0.1) is 20.8 Å². The predicted molar refractivity (Wildman–Crippen MR) is 109 cm³/mol. The zero-order chi connectivity index (χ0) is 17.8. The van der Waals surface area contributed by atoms with E-state index in [-0.39, 0.29) is 29.9 Å². The van der Waals surface area contributed by atoms with Crippen LogP contribution in [0.1, 0.15) is 25.3 Å². The molecule has 0 saturated carbocycles. The van der Waals surface area contributed by atoms with E-state index in [2.05, 4.69) is 15.6 Å². The van der Waals surface area contributed by atoms with Crippen LogP contribution in [0.2, 0.25) is 0 Å². The topological polar surface area (TPSA) is 81.2 Å². The van der Waals surface area contributed by atoms with Crippen molar-refractivity contribution in [3.63, 3.8) is 0 Å². The van der Waals surface area contributed by atoms with Gasteiger partial charge in [-0.25, -0.2) is 0 Å². The molecule has 1 aromatic carbocycles. The molecule has 0 fully saturated rings. The molecule has 142 valence electrons. The van der Waals surface area contributed by atoms with Crippen LogP contribution >= 0.6 is 24.0 Å². The standard InChI is InChI=1S/C17H27N3O4.HI/c1-5-24-16(21)7-6-10-19-17(18-2)20-12-13-8-9-14(22-3)11-15(13)23-4;/h8-9,11H,5-7,10,12H2,1-4H3,(H2,18,19,20);1H. The molecule has 7 nitrogen and oxygen atoms in total. The molecular formula is C17H28IN3O4. The van der Waals surface area contributed by atoms with Gasteiger partial charge in [-0.2, -0.15) is 0 Å². The molecule has 1 rings (SSSR count). The number of aliphatic imine (C=N–C) groups is 1. The van der Waals surface area contributed by atoms with Crippen molar-refractivity contribution in [2.75, 3.05) is 34.4 Å². The van der Waals surface area contributed by atoms with E-state index in [1.165, 1.54) is 0 Å². The van der Waals surface area contributed by atoms with Crippen molar-refractivity contribution in [2.24, 2.45) is 4.99 Å². The Bertz CT molecular complexity index is 553. The highest BCUT2D eigenvalue weighted by molar-refractivity contribution is 14.0. The van der Waals surface area contributed by atoms with E-state index in [0.717, 1.165) is 17.1 Å². The summed E-state index contributed by atoms with van der Waals surface area (Å²) in [6.07, 6.45) is 1.08. The molecule has 0 heterocycles. The van der Waals surface area contributed by atoms with Gasteiger partial charge in [0, 0.05) is 38.2 Å². The van der Waals surface area contributed by atoms with Gasteiger partial charge in [0.1, 0.15) is 11.5 Å². The molecule has 25 heavy (non-hydrogen) atoms. The second-order valence-corrected chi connectivity index (χ2v) is 4.94. The van der Waals surface area contributed by atoms with Crippen LogP contribution in [0.15, 0.2) is 23.2 Å². The maximum atomic E-state index is 11.3. The Morgan fingerprint density at radius 1 is 1.20 bits per heavy atom. The number of nitrogens with zero attached hydrogens (tertiary/aromatic N) is 1. The largest absolute Gasteiger partial charge is 0.497 e. The molecule has 0 radical (unpaired) electrons. The van der Waals surface area contributed by atoms with Crippen LogP contribution in [-0.4, -0.2) is 46.3 Å². The molecule has 0 atom stereocenters. The minimum absolute atomic E-state index is 0. The number of nitrogens with one attached hydrogen (secondary N) is 2. The number of ether oxygens (including phenoxy) is 3. The number of methoxy groups -OCH3 is 2. The minimum Gasteiger partial charge on any atom is -0.497 e. The molecule has 0 saturated heterocycles. The number of hydrogen-bond donors (Lipinski definition) is 2. The SMILES string of the molecule is CCOC(=O)CCCNC(=NC)NCc1ccc(OC)cc1OC.I. The quantitative estimate of drug-likeness (QED) is 0.192. The molecular weight excluding hydrogens is 437 g/mol. The lowest BCUT2D eigenvalue weighted by molar-refractivity contribution is -0.143. The maximum Gasteiger partial charge on any atom is 0.305 e. The van der Waals surface area contributed by atoms with E-state index >= 15 is 0 Å². The number of hydrogen-bond acceptors (Lipinski definition) is 5. The Morgan fingerprint density at radius 3 is 2.56 bits per heavy atom. The lowest BCUT2D eigenvalue weighted by Crippen LogP contribution is -2.37. The lowest BCUT2D eigenvalue weighted by Gasteiger charge is -2.14. The van der Waals surface area contributed by atoms with Gasteiger partial charge in [0.2, 0.25) is 0 Å².